The number of guanidine groups is 1. The predicted molar refractivity (Wildman–Crippen MR) is 126 cm³/mol. The second-order valence-electron chi connectivity index (χ2n) is 7.28. The highest BCUT2D eigenvalue weighted by molar-refractivity contribution is 7.14. The summed E-state index contributed by atoms with van der Waals surface area (Å²) >= 11 is 1.79. The molecule has 0 atom stereocenters. The van der Waals surface area contributed by atoms with Crippen LogP contribution in [0.5, 0.6) is 0 Å². The Labute approximate surface area is 186 Å². The van der Waals surface area contributed by atoms with E-state index < -0.39 is 0 Å². The van der Waals surface area contributed by atoms with Crippen molar-refractivity contribution in [3.8, 4) is 0 Å². The van der Waals surface area contributed by atoms with Crippen molar-refractivity contribution in [2.24, 2.45) is 4.99 Å². The summed E-state index contributed by atoms with van der Waals surface area (Å²) in [6, 6.07) is 13.9. The first kappa shape index (κ1) is 20.9. The van der Waals surface area contributed by atoms with E-state index in [2.05, 4.69) is 48.0 Å². The number of thiophene rings is 1. The summed E-state index contributed by atoms with van der Waals surface area (Å²) in [5, 5.41) is 13.9. The van der Waals surface area contributed by atoms with Gasteiger partial charge in [0.15, 0.2) is 5.96 Å². The molecule has 162 valence electrons. The number of carbonyl (C=O) groups excluding carboxylic acids is 1. The standard InChI is InChI=1S/C22H27N7OS/c1-23-22(28-12-10-27(11-13-28)21-7-3-14-31-21)24-16-18-5-2-6-19(15-18)26-20(30)17-29-9-4-8-25-29/h2-9,14-15H,10-13,16-17H2,1H3,(H,23,24)(H,26,30). The van der Waals surface area contributed by atoms with Gasteiger partial charge in [-0.1, -0.05) is 12.1 Å². The van der Waals surface area contributed by atoms with Crippen LogP contribution in [0.25, 0.3) is 0 Å². The van der Waals surface area contributed by atoms with Crippen LogP contribution in [-0.2, 0) is 17.9 Å². The lowest BCUT2D eigenvalue weighted by Crippen LogP contribution is -2.52. The number of aliphatic imine (C=N–C) groups is 1. The van der Waals surface area contributed by atoms with Crippen LogP contribution in [0, 0.1) is 0 Å². The van der Waals surface area contributed by atoms with Crippen molar-refractivity contribution >= 4 is 33.9 Å². The van der Waals surface area contributed by atoms with Gasteiger partial charge in [0, 0.05) is 57.9 Å². The van der Waals surface area contributed by atoms with Crippen molar-refractivity contribution in [2.75, 3.05) is 43.4 Å². The SMILES string of the molecule is CN=C(NCc1cccc(NC(=O)Cn2cccn2)c1)N1CCN(c2cccs2)CC1. The summed E-state index contributed by atoms with van der Waals surface area (Å²) in [6.45, 7) is 4.67. The Hall–Kier alpha value is -3.33. The van der Waals surface area contributed by atoms with E-state index in [0.717, 1.165) is 43.4 Å². The highest BCUT2D eigenvalue weighted by Crippen LogP contribution is 2.22. The molecule has 1 aliphatic rings. The van der Waals surface area contributed by atoms with Gasteiger partial charge in [0.25, 0.3) is 0 Å². The van der Waals surface area contributed by atoms with Gasteiger partial charge in [0.1, 0.15) is 6.54 Å². The number of nitrogens with one attached hydrogen (secondary N) is 2. The number of rotatable bonds is 6. The van der Waals surface area contributed by atoms with Crippen LogP contribution in [0.3, 0.4) is 0 Å². The van der Waals surface area contributed by atoms with Crippen molar-refractivity contribution in [3.63, 3.8) is 0 Å². The normalized spacial score (nSPS) is 14.5. The number of nitrogens with zero attached hydrogens (tertiary/aromatic N) is 5. The third kappa shape index (κ3) is 5.64. The number of piperazine rings is 1. The summed E-state index contributed by atoms with van der Waals surface area (Å²) < 4.78 is 1.60. The van der Waals surface area contributed by atoms with Crippen LogP contribution in [0.2, 0.25) is 0 Å². The predicted octanol–water partition coefficient (Wildman–Crippen LogP) is 2.48. The third-order valence-corrected chi connectivity index (χ3v) is 6.06. The molecule has 3 aromatic rings. The third-order valence-electron chi connectivity index (χ3n) is 5.13. The monoisotopic (exact) mass is 437 g/mol. The molecule has 9 heteroatoms. The molecule has 0 bridgehead atoms. The van der Waals surface area contributed by atoms with Crippen molar-refractivity contribution in [3.05, 3.63) is 65.8 Å². The van der Waals surface area contributed by atoms with E-state index >= 15 is 0 Å². The fraction of sp³-hybridized carbons (Fsp3) is 0.318. The van der Waals surface area contributed by atoms with E-state index in [0.29, 0.717) is 6.54 Å². The molecule has 2 aromatic heterocycles. The molecule has 31 heavy (non-hydrogen) atoms. The van der Waals surface area contributed by atoms with E-state index in [1.807, 2.05) is 31.3 Å². The molecular weight excluding hydrogens is 410 g/mol. The molecule has 8 nitrogen and oxygen atoms in total. The molecule has 0 unspecified atom stereocenters. The molecule has 1 aliphatic heterocycles. The van der Waals surface area contributed by atoms with Gasteiger partial charge in [-0.15, -0.1) is 11.3 Å². The average Bonchev–Trinajstić information content (AvgIpc) is 3.49. The molecule has 2 N–H and O–H groups in total. The first-order valence-corrected chi connectivity index (χ1v) is 11.2. The van der Waals surface area contributed by atoms with Crippen LogP contribution in [-0.4, -0.2) is 59.8 Å². The van der Waals surface area contributed by atoms with Gasteiger partial charge in [-0.25, -0.2) is 0 Å². The maximum Gasteiger partial charge on any atom is 0.246 e. The van der Waals surface area contributed by atoms with Gasteiger partial charge < -0.3 is 20.4 Å². The first-order valence-electron chi connectivity index (χ1n) is 10.3. The van der Waals surface area contributed by atoms with E-state index in [1.54, 1.807) is 34.5 Å². The Morgan fingerprint density at radius 2 is 2.03 bits per heavy atom. The maximum absolute atomic E-state index is 12.2. The van der Waals surface area contributed by atoms with E-state index in [-0.39, 0.29) is 12.5 Å². The van der Waals surface area contributed by atoms with Gasteiger partial charge in [-0.2, -0.15) is 5.10 Å². The Balaban J connectivity index is 1.28. The maximum atomic E-state index is 12.2. The van der Waals surface area contributed by atoms with Crippen LogP contribution in [0.4, 0.5) is 10.7 Å². The second kappa shape index (κ2) is 10.1. The minimum absolute atomic E-state index is 0.103. The van der Waals surface area contributed by atoms with Crippen molar-refractivity contribution < 1.29 is 4.79 Å². The molecule has 1 fully saturated rings. The number of benzene rings is 1. The van der Waals surface area contributed by atoms with Gasteiger partial charge in [0.05, 0.1) is 5.00 Å². The zero-order chi connectivity index (χ0) is 21.5. The van der Waals surface area contributed by atoms with Crippen molar-refractivity contribution in [2.45, 2.75) is 13.1 Å². The van der Waals surface area contributed by atoms with Crippen molar-refractivity contribution in [1.29, 1.82) is 0 Å². The average molecular weight is 438 g/mol. The van der Waals surface area contributed by atoms with E-state index in [9.17, 15) is 4.79 Å². The van der Waals surface area contributed by atoms with E-state index in [4.69, 9.17) is 0 Å². The van der Waals surface area contributed by atoms with Gasteiger partial charge in [-0.3, -0.25) is 14.5 Å². The number of anilines is 2. The number of aromatic nitrogens is 2. The molecular formula is C22H27N7OS. The lowest BCUT2D eigenvalue weighted by molar-refractivity contribution is -0.116. The van der Waals surface area contributed by atoms with Gasteiger partial charge in [0.2, 0.25) is 5.91 Å². The van der Waals surface area contributed by atoms with E-state index in [1.165, 1.54) is 5.00 Å². The summed E-state index contributed by atoms with van der Waals surface area (Å²) in [7, 11) is 1.82. The Morgan fingerprint density at radius 1 is 1.16 bits per heavy atom. The molecule has 0 aliphatic carbocycles. The fourth-order valence-corrected chi connectivity index (χ4v) is 4.39. The minimum Gasteiger partial charge on any atom is -0.360 e. The molecule has 3 heterocycles. The lowest BCUT2D eigenvalue weighted by Gasteiger charge is -2.37. The van der Waals surface area contributed by atoms with Crippen LogP contribution < -0.4 is 15.5 Å². The molecule has 4 rings (SSSR count). The summed E-state index contributed by atoms with van der Waals surface area (Å²) in [5.41, 5.74) is 1.85. The Kier molecular flexibility index (Phi) is 6.83. The number of carbonyl (C=O) groups is 1. The fourth-order valence-electron chi connectivity index (χ4n) is 3.60. The highest BCUT2D eigenvalue weighted by Gasteiger charge is 2.20. The summed E-state index contributed by atoms with van der Waals surface area (Å²) in [6.07, 6.45) is 3.43. The van der Waals surface area contributed by atoms with Crippen LogP contribution in [0.15, 0.2) is 65.2 Å². The largest absolute Gasteiger partial charge is 0.360 e. The molecule has 0 spiro atoms. The quantitative estimate of drug-likeness (QED) is 0.458. The molecule has 0 radical (unpaired) electrons. The topological polar surface area (TPSA) is 77.8 Å². The number of hydrogen-bond acceptors (Lipinski definition) is 5. The number of amides is 1. The van der Waals surface area contributed by atoms with Crippen molar-refractivity contribution in [1.82, 2.24) is 20.0 Å². The minimum atomic E-state index is -0.103. The summed E-state index contributed by atoms with van der Waals surface area (Å²) in [5.74, 6) is 0.798. The lowest BCUT2D eigenvalue weighted by atomic mass is 10.2. The summed E-state index contributed by atoms with van der Waals surface area (Å²) in [4.78, 5) is 21.4. The highest BCUT2D eigenvalue weighted by atomic mass is 32.1. The zero-order valence-electron chi connectivity index (χ0n) is 17.6. The molecule has 1 amide bonds. The Bertz CT molecular complexity index is 993. The smallest absolute Gasteiger partial charge is 0.246 e. The van der Waals surface area contributed by atoms with Crippen LogP contribution >= 0.6 is 11.3 Å². The Morgan fingerprint density at radius 3 is 2.74 bits per heavy atom. The first-order chi connectivity index (χ1) is 15.2. The van der Waals surface area contributed by atoms with Gasteiger partial charge in [-0.05, 0) is 41.3 Å². The van der Waals surface area contributed by atoms with Crippen LogP contribution in [0.1, 0.15) is 5.56 Å². The van der Waals surface area contributed by atoms with Gasteiger partial charge >= 0.3 is 0 Å². The number of hydrogen-bond donors (Lipinski definition) is 2. The molecule has 0 saturated carbocycles. The molecule has 1 saturated heterocycles. The second-order valence-corrected chi connectivity index (χ2v) is 8.20. The molecule has 1 aromatic carbocycles. The zero-order valence-corrected chi connectivity index (χ0v) is 18.4.